The summed E-state index contributed by atoms with van der Waals surface area (Å²) in [6, 6.07) is 10.1. The highest BCUT2D eigenvalue weighted by Gasteiger charge is 1.98. The van der Waals surface area contributed by atoms with Gasteiger partial charge in [-0.15, -0.1) is 0 Å². The molecule has 8 heteroatoms. The number of hydrogen-bond acceptors (Lipinski definition) is 8. The Kier molecular flexibility index (Phi) is 22.7. The van der Waals surface area contributed by atoms with Crippen molar-refractivity contribution in [3.63, 3.8) is 0 Å². The van der Waals surface area contributed by atoms with Gasteiger partial charge in [-0.05, 0) is 11.5 Å². The van der Waals surface area contributed by atoms with Crippen molar-refractivity contribution in [2.24, 2.45) is 5.92 Å². The third kappa shape index (κ3) is 21.4. The van der Waals surface area contributed by atoms with Gasteiger partial charge in [-0.2, -0.15) is 0 Å². The zero-order chi connectivity index (χ0) is 24.4. The Morgan fingerprint density at radius 3 is 1.24 bits per heavy atom. The monoisotopic (exact) mass is 486 g/mol. The molecule has 198 valence electrons. The second-order valence-corrected chi connectivity index (χ2v) is 7.80. The van der Waals surface area contributed by atoms with Crippen LogP contribution in [0.1, 0.15) is 25.8 Å². The highest BCUT2D eigenvalue weighted by molar-refractivity contribution is 5.13. The summed E-state index contributed by atoms with van der Waals surface area (Å²) in [7, 11) is 0. The fourth-order valence-corrected chi connectivity index (χ4v) is 2.60. The molecule has 1 aromatic rings. The molecule has 0 aliphatic heterocycles. The van der Waals surface area contributed by atoms with E-state index in [-0.39, 0.29) is 0 Å². The molecule has 1 atom stereocenters. The minimum atomic E-state index is 0.540. The molecule has 34 heavy (non-hydrogen) atoms. The van der Waals surface area contributed by atoms with Crippen molar-refractivity contribution in [1.29, 1.82) is 0 Å². The molecular formula is C26H46O8. The van der Waals surface area contributed by atoms with E-state index in [1.54, 1.807) is 0 Å². The molecular weight excluding hydrogens is 440 g/mol. The summed E-state index contributed by atoms with van der Waals surface area (Å²) in [5.74, 6) is 0.606. The zero-order valence-electron chi connectivity index (χ0n) is 21.3. The van der Waals surface area contributed by atoms with Crippen molar-refractivity contribution in [1.82, 2.24) is 0 Å². The van der Waals surface area contributed by atoms with Crippen molar-refractivity contribution in [2.45, 2.75) is 26.9 Å². The lowest BCUT2D eigenvalue weighted by Crippen LogP contribution is -2.15. The maximum atomic E-state index is 5.55. The Morgan fingerprint density at radius 2 is 0.853 bits per heavy atom. The van der Waals surface area contributed by atoms with Crippen molar-refractivity contribution in [2.75, 3.05) is 99.1 Å². The van der Waals surface area contributed by atoms with Crippen molar-refractivity contribution in [3.05, 3.63) is 35.9 Å². The molecule has 0 saturated carbocycles. The van der Waals surface area contributed by atoms with Gasteiger partial charge in [0, 0.05) is 6.61 Å². The second kappa shape index (κ2) is 25.0. The first-order chi connectivity index (χ1) is 16.8. The Hall–Kier alpha value is -1.10. The van der Waals surface area contributed by atoms with Crippen LogP contribution >= 0.6 is 0 Å². The van der Waals surface area contributed by atoms with Crippen LogP contribution in [0.4, 0.5) is 0 Å². The van der Waals surface area contributed by atoms with E-state index in [4.69, 9.17) is 37.9 Å². The minimum Gasteiger partial charge on any atom is -0.379 e. The average molecular weight is 487 g/mol. The van der Waals surface area contributed by atoms with E-state index in [2.05, 4.69) is 13.8 Å². The van der Waals surface area contributed by atoms with E-state index in [0.29, 0.717) is 105 Å². The first kappa shape index (κ1) is 30.9. The van der Waals surface area contributed by atoms with Crippen LogP contribution in [-0.4, -0.2) is 99.1 Å². The molecule has 0 heterocycles. The molecule has 0 N–H and O–H groups in total. The van der Waals surface area contributed by atoms with Gasteiger partial charge in [-0.3, -0.25) is 0 Å². The molecule has 0 radical (unpaired) electrons. The Balaban J connectivity index is 1.65. The highest BCUT2D eigenvalue weighted by atomic mass is 16.6. The quantitative estimate of drug-likeness (QED) is 0.185. The second-order valence-electron chi connectivity index (χ2n) is 7.80. The summed E-state index contributed by atoms with van der Waals surface area (Å²) in [6.07, 6.45) is 1.14. The first-order valence-corrected chi connectivity index (χ1v) is 12.5. The molecule has 0 fully saturated rings. The molecule has 0 aromatic heterocycles. The van der Waals surface area contributed by atoms with Gasteiger partial charge in [0.2, 0.25) is 0 Å². The van der Waals surface area contributed by atoms with E-state index in [1.165, 1.54) is 5.56 Å². The molecule has 1 rings (SSSR count). The topological polar surface area (TPSA) is 73.8 Å². The summed E-state index contributed by atoms with van der Waals surface area (Å²) in [5.41, 5.74) is 1.17. The van der Waals surface area contributed by atoms with Crippen LogP contribution in [0.15, 0.2) is 30.3 Å². The Bertz CT molecular complexity index is 517. The largest absolute Gasteiger partial charge is 0.379 e. The van der Waals surface area contributed by atoms with Crippen molar-refractivity contribution < 1.29 is 37.9 Å². The van der Waals surface area contributed by atoms with Gasteiger partial charge in [0.1, 0.15) is 0 Å². The van der Waals surface area contributed by atoms with Crippen LogP contribution < -0.4 is 0 Å². The number of ether oxygens (including phenoxy) is 8. The van der Waals surface area contributed by atoms with Crippen LogP contribution in [0.25, 0.3) is 0 Å². The van der Waals surface area contributed by atoms with Crippen LogP contribution in [0.3, 0.4) is 0 Å². The van der Waals surface area contributed by atoms with Crippen LogP contribution in [0.2, 0.25) is 0 Å². The third-order valence-corrected chi connectivity index (χ3v) is 4.81. The predicted octanol–water partition coefficient (Wildman–Crippen LogP) is 3.37. The summed E-state index contributed by atoms with van der Waals surface area (Å²) in [4.78, 5) is 0. The Labute approximate surface area is 206 Å². The first-order valence-electron chi connectivity index (χ1n) is 12.5. The van der Waals surface area contributed by atoms with Crippen LogP contribution in [-0.2, 0) is 44.5 Å². The number of benzene rings is 1. The van der Waals surface area contributed by atoms with E-state index in [9.17, 15) is 0 Å². The van der Waals surface area contributed by atoms with Crippen LogP contribution in [0, 0.1) is 5.92 Å². The lowest BCUT2D eigenvalue weighted by molar-refractivity contribution is -0.0242. The summed E-state index contributed by atoms with van der Waals surface area (Å²) in [6.45, 7) is 13.6. The van der Waals surface area contributed by atoms with Gasteiger partial charge in [-0.1, -0.05) is 50.6 Å². The SMILES string of the molecule is CCC(C)COCCOCCOCCOCCOCCOCCOCCOCc1ccccc1. The smallest absolute Gasteiger partial charge is 0.0718 e. The summed E-state index contributed by atoms with van der Waals surface area (Å²) >= 11 is 0. The van der Waals surface area contributed by atoms with Crippen molar-refractivity contribution >= 4 is 0 Å². The van der Waals surface area contributed by atoms with Gasteiger partial charge in [0.05, 0.1) is 99.1 Å². The fraction of sp³-hybridized carbons (Fsp3) is 0.769. The fourth-order valence-electron chi connectivity index (χ4n) is 2.60. The predicted molar refractivity (Wildman–Crippen MR) is 131 cm³/mol. The zero-order valence-corrected chi connectivity index (χ0v) is 21.3. The minimum absolute atomic E-state index is 0.540. The van der Waals surface area contributed by atoms with E-state index in [0.717, 1.165) is 13.0 Å². The molecule has 0 aliphatic rings. The average Bonchev–Trinajstić information content (AvgIpc) is 2.87. The molecule has 0 bridgehead atoms. The van der Waals surface area contributed by atoms with Gasteiger partial charge in [0.15, 0.2) is 0 Å². The standard InChI is InChI=1S/C26H46O8/c1-3-25(2)23-33-21-19-31-17-15-29-13-11-27-9-10-28-12-14-30-16-18-32-20-22-34-24-26-7-5-4-6-8-26/h4-8,25H,3,9-24H2,1-2H3. The van der Waals surface area contributed by atoms with E-state index in [1.807, 2.05) is 30.3 Å². The molecule has 0 amide bonds. The number of hydrogen-bond donors (Lipinski definition) is 0. The lowest BCUT2D eigenvalue weighted by atomic mass is 10.1. The molecule has 8 nitrogen and oxygen atoms in total. The number of rotatable bonds is 26. The molecule has 1 aromatic carbocycles. The molecule has 0 spiro atoms. The summed E-state index contributed by atoms with van der Waals surface area (Å²) < 4.78 is 43.9. The van der Waals surface area contributed by atoms with Crippen molar-refractivity contribution in [3.8, 4) is 0 Å². The van der Waals surface area contributed by atoms with Gasteiger partial charge in [-0.25, -0.2) is 0 Å². The molecule has 0 saturated heterocycles. The van der Waals surface area contributed by atoms with Crippen LogP contribution in [0.5, 0.6) is 0 Å². The van der Waals surface area contributed by atoms with E-state index >= 15 is 0 Å². The maximum Gasteiger partial charge on any atom is 0.0718 e. The van der Waals surface area contributed by atoms with E-state index < -0.39 is 0 Å². The highest BCUT2D eigenvalue weighted by Crippen LogP contribution is 2.00. The summed E-state index contributed by atoms with van der Waals surface area (Å²) in [5, 5.41) is 0. The van der Waals surface area contributed by atoms with Gasteiger partial charge in [0.25, 0.3) is 0 Å². The Morgan fingerprint density at radius 1 is 0.500 bits per heavy atom. The molecule has 0 aliphatic carbocycles. The third-order valence-electron chi connectivity index (χ3n) is 4.81. The lowest BCUT2D eigenvalue weighted by Gasteiger charge is -2.10. The van der Waals surface area contributed by atoms with Gasteiger partial charge < -0.3 is 37.9 Å². The van der Waals surface area contributed by atoms with Gasteiger partial charge >= 0.3 is 0 Å². The normalized spacial score (nSPS) is 12.3. The maximum absolute atomic E-state index is 5.55. The molecule has 1 unspecified atom stereocenters.